The predicted octanol–water partition coefficient (Wildman–Crippen LogP) is 6.94. The van der Waals surface area contributed by atoms with Crippen LogP contribution in [0.15, 0.2) is 30.5 Å². The maximum atomic E-state index is 5.62. The quantitative estimate of drug-likeness (QED) is 0.346. The molecular formula is C35H44N6. The van der Waals surface area contributed by atoms with Crippen LogP contribution in [0.5, 0.6) is 0 Å². The summed E-state index contributed by atoms with van der Waals surface area (Å²) in [6.45, 7) is 0. The molecule has 8 saturated carbocycles. The fourth-order valence-corrected chi connectivity index (χ4v) is 11.6. The Morgan fingerprint density at radius 3 is 1.61 bits per heavy atom. The van der Waals surface area contributed by atoms with Crippen molar-refractivity contribution in [2.24, 2.45) is 42.6 Å². The molecule has 8 aliphatic rings. The molecule has 6 nitrogen and oxygen atoms in total. The van der Waals surface area contributed by atoms with Crippen LogP contribution in [0.1, 0.15) is 88.7 Å². The van der Waals surface area contributed by atoms with Gasteiger partial charge in [-0.05, 0) is 119 Å². The zero-order valence-corrected chi connectivity index (χ0v) is 25.0. The molecule has 0 N–H and O–H groups in total. The zero-order valence-electron chi connectivity index (χ0n) is 25.0. The molecule has 0 radical (unpaired) electrons. The molecular weight excluding hydrogens is 504 g/mol. The van der Waals surface area contributed by atoms with Crippen LogP contribution in [0.4, 0.5) is 5.69 Å². The van der Waals surface area contributed by atoms with Crippen molar-refractivity contribution >= 4 is 5.69 Å². The second-order valence-electron chi connectivity index (χ2n) is 15.7. The van der Waals surface area contributed by atoms with Gasteiger partial charge in [0.1, 0.15) is 17.3 Å². The van der Waals surface area contributed by atoms with E-state index in [1.54, 1.807) is 0 Å². The summed E-state index contributed by atoms with van der Waals surface area (Å²) in [6, 6.07) is 8.83. The van der Waals surface area contributed by atoms with Crippen LogP contribution in [0, 0.1) is 35.5 Å². The first-order chi connectivity index (χ1) is 19.8. The summed E-state index contributed by atoms with van der Waals surface area (Å²) >= 11 is 0. The molecule has 0 spiro atoms. The number of aromatic nitrogens is 5. The first-order valence-corrected chi connectivity index (χ1v) is 16.4. The van der Waals surface area contributed by atoms with E-state index in [2.05, 4.69) is 49.5 Å². The van der Waals surface area contributed by atoms with E-state index in [9.17, 15) is 0 Å². The molecule has 8 fully saturated rings. The standard InChI is InChI=1S/C35H44N6/c1-40(2)29-20-41(3)39-30(29)27-5-4-6-28(13-27)31-36-32(34-14-21-7-22(15-34)9-23(8-21)16-34)38-33(37-31)35-17-24-10-25(18-35)12-26(11-24)19-35/h4-6,13,20-26H,7-12,14-19H2,1-3H3. The number of hydrogen-bond acceptors (Lipinski definition) is 5. The average molecular weight is 549 g/mol. The number of nitrogens with zero attached hydrogens (tertiary/aromatic N) is 6. The molecule has 214 valence electrons. The van der Waals surface area contributed by atoms with Crippen LogP contribution >= 0.6 is 0 Å². The lowest BCUT2D eigenvalue weighted by atomic mass is 9.49. The van der Waals surface area contributed by atoms with Gasteiger partial charge in [0.15, 0.2) is 5.82 Å². The van der Waals surface area contributed by atoms with Crippen molar-refractivity contribution in [3.05, 3.63) is 42.1 Å². The van der Waals surface area contributed by atoms with Crippen LogP contribution in [-0.4, -0.2) is 38.8 Å². The third-order valence-corrected chi connectivity index (χ3v) is 12.3. The Morgan fingerprint density at radius 1 is 0.683 bits per heavy atom. The first kappa shape index (κ1) is 24.8. The topological polar surface area (TPSA) is 59.7 Å². The minimum atomic E-state index is 0.167. The summed E-state index contributed by atoms with van der Waals surface area (Å²) in [5.74, 6) is 8.48. The second kappa shape index (κ2) is 8.64. The maximum Gasteiger partial charge on any atom is 0.163 e. The van der Waals surface area contributed by atoms with Gasteiger partial charge in [-0.15, -0.1) is 0 Å². The van der Waals surface area contributed by atoms with Gasteiger partial charge >= 0.3 is 0 Å². The van der Waals surface area contributed by atoms with Gasteiger partial charge in [0, 0.05) is 49.3 Å². The Hall–Kier alpha value is -2.76. The van der Waals surface area contributed by atoms with Crippen LogP contribution in [-0.2, 0) is 17.9 Å². The normalized spacial score (nSPS) is 38.1. The lowest BCUT2D eigenvalue weighted by Gasteiger charge is -2.57. The Kier molecular flexibility index (Phi) is 5.23. The van der Waals surface area contributed by atoms with Crippen molar-refractivity contribution in [1.82, 2.24) is 24.7 Å². The van der Waals surface area contributed by atoms with E-state index in [0.717, 1.165) is 75.5 Å². The Labute approximate surface area is 244 Å². The highest BCUT2D eigenvalue weighted by atomic mass is 15.3. The number of aryl methyl sites for hydroxylation is 1. The summed E-state index contributed by atoms with van der Waals surface area (Å²) in [5.41, 5.74) is 4.71. The SMILES string of the molecule is CN(C)c1cn(C)nc1-c1cccc(-c2nc(C34CC5CC(CC(C5)C3)C4)nc(C34CC5CC(CC(C5)C3)C4)n2)c1. The molecule has 2 heterocycles. The minimum Gasteiger partial charge on any atom is -0.375 e. The third kappa shape index (κ3) is 3.88. The van der Waals surface area contributed by atoms with Gasteiger partial charge in [-0.2, -0.15) is 5.10 Å². The Balaban J connectivity index is 1.19. The monoisotopic (exact) mass is 548 g/mol. The Morgan fingerprint density at radius 2 is 1.15 bits per heavy atom. The third-order valence-electron chi connectivity index (χ3n) is 12.3. The molecule has 0 saturated heterocycles. The van der Waals surface area contributed by atoms with Gasteiger partial charge in [-0.1, -0.05) is 18.2 Å². The summed E-state index contributed by atoms with van der Waals surface area (Å²) in [4.78, 5) is 18.7. The van der Waals surface area contributed by atoms with Crippen LogP contribution in [0.3, 0.4) is 0 Å². The highest BCUT2D eigenvalue weighted by Crippen LogP contribution is 2.62. The van der Waals surface area contributed by atoms with Crippen molar-refractivity contribution in [2.75, 3.05) is 19.0 Å². The molecule has 8 bridgehead atoms. The molecule has 0 atom stereocenters. The van der Waals surface area contributed by atoms with Crippen molar-refractivity contribution in [1.29, 1.82) is 0 Å². The minimum absolute atomic E-state index is 0.167. The summed E-state index contributed by atoms with van der Waals surface area (Å²) in [7, 11) is 6.18. The first-order valence-electron chi connectivity index (χ1n) is 16.4. The van der Waals surface area contributed by atoms with Gasteiger partial charge in [-0.25, -0.2) is 15.0 Å². The number of rotatable bonds is 5. The highest BCUT2D eigenvalue weighted by molar-refractivity contribution is 5.77. The molecule has 2 aromatic heterocycles. The van der Waals surface area contributed by atoms with Gasteiger partial charge in [0.2, 0.25) is 0 Å². The van der Waals surface area contributed by atoms with Gasteiger partial charge in [0.25, 0.3) is 0 Å². The van der Waals surface area contributed by atoms with Gasteiger partial charge < -0.3 is 4.90 Å². The summed E-state index contributed by atoms with van der Waals surface area (Å²) in [5, 5.41) is 4.85. The van der Waals surface area contributed by atoms with E-state index >= 15 is 0 Å². The van der Waals surface area contributed by atoms with Crippen LogP contribution in [0.2, 0.25) is 0 Å². The average Bonchev–Trinajstić information content (AvgIpc) is 3.34. The van der Waals surface area contributed by atoms with Crippen molar-refractivity contribution in [3.8, 4) is 22.6 Å². The van der Waals surface area contributed by atoms with E-state index < -0.39 is 0 Å². The maximum absolute atomic E-state index is 5.62. The number of hydrogen-bond donors (Lipinski definition) is 0. The van der Waals surface area contributed by atoms with E-state index in [-0.39, 0.29) is 10.8 Å². The van der Waals surface area contributed by atoms with Gasteiger partial charge in [-0.3, -0.25) is 4.68 Å². The lowest BCUT2D eigenvalue weighted by Crippen LogP contribution is -2.51. The predicted molar refractivity (Wildman–Crippen MR) is 161 cm³/mol. The number of benzene rings is 1. The van der Waals surface area contributed by atoms with Gasteiger partial charge in [0.05, 0.1) is 5.69 Å². The molecule has 0 unspecified atom stereocenters. The molecule has 41 heavy (non-hydrogen) atoms. The molecule has 11 rings (SSSR count). The largest absolute Gasteiger partial charge is 0.375 e. The Bertz CT molecular complexity index is 1380. The summed E-state index contributed by atoms with van der Waals surface area (Å²) < 4.78 is 1.91. The van der Waals surface area contributed by atoms with Crippen molar-refractivity contribution in [3.63, 3.8) is 0 Å². The van der Waals surface area contributed by atoms with E-state index in [4.69, 9.17) is 20.1 Å². The smallest absolute Gasteiger partial charge is 0.163 e. The van der Waals surface area contributed by atoms with Crippen LogP contribution < -0.4 is 4.90 Å². The van der Waals surface area contributed by atoms with Crippen molar-refractivity contribution < 1.29 is 0 Å². The molecule has 8 aliphatic carbocycles. The highest BCUT2D eigenvalue weighted by Gasteiger charge is 2.56. The fourth-order valence-electron chi connectivity index (χ4n) is 11.6. The van der Waals surface area contributed by atoms with Crippen molar-refractivity contribution in [2.45, 2.75) is 87.9 Å². The lowest BCUT2D eigenvalue weighted by molar-refractivity contribution is -0.0155. The fraction of sp³-hybridized carbons (Fsp3) is 0.657. The summed E-state index contributed by atoms with van der Waals surface area (Å²) in [6.07, 6.45) is 18.5. The van der Waals surface area contributed by atoms with E-state index in [1.165, 1.54) is 77.0 Å². The molecule has 0 amide bonds. The van der Waals surface area contributed by atoms with Crippen LogP contribution in [0.25, 0.3) is 22.6 Å². The number of anilines is 1. The zero-order chi connectivity index (χ0) is 27.5. The van der Waals surface area contributed by atoms with E-state index in [1.807, 2.05) is 11.7 Å². The second-order valence-corrected chi connectivity index (χ2v) is 15.7. The molecule has 6 heteroatoms. The molecule has 3 aromatic rings. The molecule has 1 aromatic carbocycles. The van der Waals surface area contributed by atoms with E-state index in [0.29, 0.717) is 0 Å². The molecule has 0 aliphatic heterocycles.